The molecular weight excluding hydrogens is 428 g/mol. The molecule has 0 unspecified atom stereocenters. The Bertz CT molecular complexity index is 1100. The van der Waals surface area contributed by atoms with E-state index < -0.39 is 16.1 Å². The first-order valence-electron chi connectivity index (χ1n) is 10.8. The zero-order valence-corrected chi connectivity index (χ0v) is 20.3. The molecule has 1 aliphatic heterocycles. The highest BCUT2D eigenvalue weighted by molar-refractivity contribution is 7.92. The third-order valence-electron chi connectivity index (χ3n) is 5.79. The predicted molar refractivity (Wildman–Crippen MR) is 126 cm³/mol. The van der Waals surface area contributed by atoms with E-state index in [4.69, 9.17) is 9.47 Å². The molecule has 0 saturated carbocycles. The highest BCUT2D eigenvalue weighted by Crippen LogP contribution is 2.36. The third-order valence-corrected chi connectivity index (χ3v) is 7.54. The smallest absolute Gasteiger partial charge is 0.263 e. The average Bonchev–Trinajstić information content (AvgIpc) is 2.77. The fraction of sp³-hybridized carbons (Fsp3) is 0.458. The van der Waals surface area contributed by atoms with Crippen molar-refractivity contribution < 1.29 is 22.7 Å². The van der Waals surface area contributed by atoms with Crippen LogP contribution in [0.2, 0.25) is 0 Å². The molecule has 32 heavy (non-hydrogen) atoms. The summed E-state index contributed by atoms with van der Waals surface area (Å²) in [4.78, 5) is 13.1. The van der Waals surface area contributed by atoms with Crippen LogP contribution in [0.15, 0.2) is 36.4 Å². The van der Waals surface area contributed by atoms with Crippen molar-refractivity contribution in [3.63, 3.8) is 0 Å². The van der Waals surface area contributed by atoms with Crippen LogP contribution < -0.4 is 19.1 Å². The van der Waals surface area contributed by atoms with E-state index in [0.717, 1.165) is 22.4 Å². The summed E-state index contributed by atoms with van der Waals surface area (Å²) in [5, 5.41) is 3.00. The lowest BCUT2D eigenvalue weighted by atomic mass is 9.93. The second-order valence-electron chi connectivity index (χ2n) is 8.34. The van der Waals surface area contributed by atoms with Gasteiger partial charge in [0.25, 0.3) is 5.91 Å². The first-order valence-corrected chi connectivity index (χ1v) is 12.4. The summed E-state index contributed by atoms with van der Waals surface area (Å²) in [6.45, 7) is 9.60. The monoisotopic (exact) mass is 460 g/mol. The van der Waals surface area contributed by atoms with Crippen molar-refractivity contribution in [3.8, 4) is 11.5 Å². The molecule has 174 valence electrons. The maximum atomic E-state index is 13.1. The SMILES string of the molecule is CCS(=O)(=O)N1C[C@@H](C(=O)N[C@H](C)c2cc(C(C)C)c(OC)cc2C)Oc2ccccc21. The van der Waals surface area contributed by atoms with Gasteiger partial charge in [-0.1, -0.05) is 26.0 Å². The molecule has 7 nitrogen and oxygen atoms in total. The number of fused-ring (bicyclic) bond motifs is 1. The molecule has 0 radical (unpaired) electrons. The molecule has 8 heteroatoms. The lowest BCUT2D eigenvalue weighted by Gasteiger charge is -2.35. The molecule has 0 fully saturated rings. The zero-order valence-electron chi connectivity index (χ0n) is 19.5. The normalized spacial score (nSPS) is 16.8. The molecular formula is C24H32N2O5S. The van der Waals surface area contributed by atoms with Crippen molar-refractivity contribution in [3.05, 3.63) is 53.1 Å². The van der Waals surface area contributed by atoms with E-state index in [9.17, 15) is 13.2 Å². The van der Waals surface area contributed by atoms with Crippen molar-refractivity contribution in [2.45, 2.75) is 52.7 Å². The van der Waals surface area contributed by atoms with Gasteiger partial charge in [0.15, 0.2) is 6.10 Å². The van der Waals surface area contributed by atoms with Crippen LogP contribution in [0, 0.1) is 6.92 Å². The van der Waals surface area contributed by atoms with E-state index in [0.29, 0.717) is 11.4 Å². The van der Waals surface area contributed by atoms with Crippen molar-refractivity contribution in [2.24, 2.45) is 0 Å². The van der Waals surface area contributed by atoms with Gasteiger partial charge >= 0.3 is 0 Å². The number of carbonyl (C=O) groups excluding carboxylic acids is 1. The number of nitrogens with one attached hydrogen (secondary N) is 1. The second-order valence-corrected chi connectivity index (χ2v) is 10.5. The Morgan fingerprint density at radius 1 is 1.22 bits per heavy atom. The first-order chi connectivity index (χ1) is 15.1. The Labute approximate surface area is 190 Å². The van der Waals surface area contributed by atoms with Crippen molar-refractivity contribution in [1.29, 1.82) is 0 Å². The van der Waals surface area contributed by atoms with Crippen LogP contribution in [0.4, 0.5) is 5.69 Å². The van der Waals surface area contributed by atoms with Crippen LogP contribution in [-0.2, 0) is 14.8 Å². The molecule has 1 aliphatic rings. The van der Waals surface area contributed by atoms with Crippen LogP contribution in [0.5, 0.6) is 11.5 Å². The summed E-state index contributed by atoms with van der Waals surface area (Å²) in [7, 11) is -1.90. The molecule has 2 atom stereocenters. The number of sulfonamides is 1. The molecule has 0 saturated heterocycles. The molecule has 0 spiro atoms. The number of carbonyl (C=O) groups is 1. The van der Waals surface area contributed by atoms with Gasteiger partial charge in [0.05, 0.1) is 31.1 Å². The summed E-state index contributed by atoms with van der Waals surface area (Å²) < 4.78 is 38.0. The highest BCUT2D eigenvalue weighted by Gasteiger charge is 2.36. The van der Waals surface area contributed by atoms with Gasteiger partial charge in [-0.05, 0) is 67.6 Å². The Hall–Kier alpha value is -2.74. The summed E-state index contributed by atoms with van der Waals surface area (Å²) in [6, 6.07) is 10.6. The number of aryl methyl sites for hydroxylation is 1. The van der Waals surface area contributed by atoms with Gasteiger partial charge < -0.3 is 14.8 Å². The number of methoxy groups -OCH3 is 1. The predicted octanol–water partition coefficient (Wildman–Crippen LogP) is 3.92. The van der Waals surface area contributed by atoms with E-state index >= 15 is 0 Å². The number of ether oxygens (including phenoxy) is 2. The molecule has 1 amide bonds. The molecule has 0 aromatic heterocycles. The van der Waals surface area contributed by atoms with E-state index in [1.165, 1.54) is 4.31 Å². The van der Waals surface area contributed by atoms with E-state index in [-0.39, 0.29) is 30.2 Å². The van der Waals surface area contributed by atoms with Crippen molar-refractivity contribution >= 4 is 21.6 Å². The lowest BCUT2D eigenvalue weighted by molar-refractivity contribution is -0.128. The molecule has 2 aromatic rings. The first kappa shape index (κ1) is 23.9. The van der Waals surface area contributed by atoms with Crippen LogP contribution >= 0.6 is 0 Å². The Morgan fingerprint density at radius 2 is 1.91 bits per heavy atom. The molecule has 1 N–H and O–H groups in total. The third kappa shape index (κ3) is 4.70. The number of nitrogens with zero attached hydrogens (tertiary/aromatic N) is 1. The highest BCUT2D eigenvalue weighted by atomic mass is 32.2. The molecule has 0 aliphatic carbocycles. The zero-order chi connectivity index (χ0) is 23.6. The maximum absolute atomic E-state index is 13.1. The van der Waals surface area contributed by atoms with Crippen LogP contribution in [0.25, 0.3) is 0 Å². The minimum atomic E-state index is -3.55. The van der Waals surface area contributed by atoms with Crippen molar-refractivity contribution in [1.82, 2.24) is 5.32 Å². The Kier molecular flexibility index (Phi) is 7.03. The standard InChI is InChI=1S/C24H32N2O5S/c1-7-32(28,29)26-14-23(31-21-11-9-8-10-20(21)26)24(27)25-17(5)19-13-18(15(2)3)22(30-6)12-16(19)4/h8-13,15,17,23H,7,14H2,1-6H3,(H,25,27)/t17-,23+/m1/s1. The summed E-state index contributed by atoms with van der Waals surface area (Å²) >= 11 is 0. The number of para-hydroxylation sites is 2. The van der Waals surface area contributed by atoms with Gasteiger partial charge in [-0.25, -0.2) is 8.42 Å². The minimum absolute atomic E-state index is 0.0604. The van der Waals surface area contributed by atoms with Gasteiger partial charge in [-0.3, -0.25) is 9.10 Å². The van der Waals surface area contributed by atoms with Gasteiger partial charge in [-0.2, -0.15) is 0 Å². The van der Waals surface area contributed by atoms with Crippen LogP contribution in [0.1, 0.15) is 56.3 Å². The summed E-state index contributed by atoms with van der Waals surface area (Å²) in [6.07, 6.45) is -0.947. The Morgan fingerprint density at radius 3 is 2.53 bits per heavy atom. The summed E-state index contributed by atoms with van der Waals surface area (Å²) in [5.41, 5.74) is 3.51. The molecule has 3 rings (SSSR count). The molecule has 2 aromatic carbocycles. The maximum Gasteiger partial charge on any atom is 0.263 e. The van der Waals surface area contributed by atoms with Crippen molar-refractivity contribution in [2.75, 3.05) is 23.7 Å². The van der Waals surface area contributed by atoms with Gasteiger partial charge in [-0.15, -0.1) is 0 Å². The Balaban J connectivity index is 1.85. The number of amides is 1. The van der Waals surface area contributed by atoms with E-state index in [1.807, 2.05) is 19.9 Å². The van der Waals surface area contributed by atoms with Gasteiger partial charge in [0, 0.05) is 0 Å². The number of hydrogen-bond acceptors (Lipinski definition) is 5. The minimum Gasteiger partial charge on any atom is -0.496 e. The number of anilines is 1. The second kappa shape index (κ2) is 9.40. The van der Waals surface area contributed by atoms with Crippen LogP contribution in [0.3, 0.4) is 0 Å². The average molecular weight is 461 g/mol. The van der Waals surface area contributed by atoms with Crippen LogP contribution in [-0.4, -0.2) is 39.8 Å². The quantitative estimate of drug-likeness (QED) is 0.677. The van der Waals surface area contributed by atoms with Gasteiger partial charge in [0.1, 0.15) is 11.5 Å². The van der Waals surface area contributed by atoms with E-state index in [2.05, 4.69) is 25.2 Å². The topological polar surface area (TPSA) is 84.9 Å². The number of rotatable bonds is 7. The van der Waals surface area contributed by atoms with Gasteiger partial charge in [0.2, 0.25) is 10.0 Å². The fourth-order valence-electron chi connectivity index (χ4n) is 3.95. The largest absolute Gasteiger partial charge is 0.496 e. The lowest BCUT2D eigenvalue weighted by Crippen LogP contribution is -2.51. The number of hydrogen-bond donors (Lipinski definition) is 1. The molecule has 0 bridgehead atoms. The summed E-state index contributed by atoms with van der Waals surface area (Å²) in [5.74, 6) is 1.05. The van der Waals surface area contributed by atoms with E-state index in [1.54, 1.807) is 38.3 Å². The molecule has 1 heterocycles. The fourth-order valence-corrected chi connectivity index (χ4v) is 5.08. The number of benzene rings is 2.